The van der Waals surface area contributed by atoms with Crippen LogP contribution in [0.2, 0.25) is 0 Å². The first-order valence-corrected chi connectivity index (χ1v) is 5.66. The molecular weight excluding hydrogens is 200 g/mol. The van der Waals surface area contributed by atoms with E-state index < -0.39 is 0 Å². The Bertz CT molecular complexity index is 251. The highest BCUT2D eigenvalue weighted by atomic mass is 35.5. The zero-order valence-corrected chi connectivity index (χ0v) is 9.82. The molecule has 0 bridgehead atoms. The predicted octanol–water partition coefficient (Wildman–Crippen LogP) is 4.18. The van der Waals surface area contributed by atoms with Gasteiger partial charge in [0, 0.05) is 10.1 Å². The van der Waals surface area contributed by atoms with E-state index in [0.717, 1.165) is 0 Å². The average molecular weight is 215 g/mol. The maximum Gasteiger partial charge on any atom is 0.0509 e. The second-order valence-electron chi connectivity index (χ2n) is 3.64. The molecule has 0 aliphatic carbocycles. The summed E-state index contributed by atoms with van der Waals surface area (Å²) >= 11 is 8.03. The predicted molar refractivity (Wildman–Crippen MR) is 61.7 cm³/mol. The Balaban J connectivity index is 2.61. The van der Waals surface area contributed by atoms with E-state index in [1.165, 1.54) is 4.90 Å². The summed E-state index contributed by atoms with van der Waals surface area (Å²) in [5.41, 5.74) is 0. The van der Waals surface area contributed by atoms with Gasteiger partial charge in [-0.05, 0) is 26.0 Å². The summed E-state index contributed by atoms with van der Waals surface area (Å²) in [6.45, 7) is 6.26. The van der Waals surface area contributed by atoms with Crippen molar-refractivity contribution in [3.05, 3.63) is 30.3 Å². The lowest BCUT2D eigenvalue weighted by molar-refractivity contribution is 0.688. The molecule has 1 atom stereocenters. The lowest BCUT2D eigenvalue weighted by Gasteiger charge is -2.23. The lowest BCUT2D eigenvalue weighted by atomic mass is 10.1. The van der Waals surface area contributed by atoms with Gasteiger partial charge < -0.3 is 0 Å². The number of rotatable bonds is 3. The number of hydrogen-bond acceptors (Lipinski definition) is 1. The molecule has 13 heavy (non-hydrogen) atoms. The molecule has 0 aliphatic rings. The second kappa shape index (κ2) is 4.39. The molecule has 1 rings (SSSR count). The lowest BCUT2D eigenvalue weighted by Crippen LogP contribution is -2.23. The van der Waals surface area contributed by atoms with Gasteiger partial charge >= 0.3 is 0 Å². The molecule has 0 nitrogen and oxygen atoms in total. The Kier molecular flexibility index (Phi) is 3.69. The van der Waals surface area contributed by atoms with Crippen LogP contribution in [0.25, 0.3) is 0 Å². The van der Waals surface area contributed by atoms with E-state index in [2.05, 4.69) is 45.0 Å². The van der Waals surface area contributed by atoms with Gasteiger partial charge in [-0.25, -0.2) is 0 Å². The molecule has 0 heterocycles. The van der Waals surface area contributed by atoms with Gasteiger partial charge in [-0.15, -0.1) is 23.4 Å². The molecule has 72 valence electrons. The number of hydrogen-bond donors (Lipinski definition) is 0. The number of halogens is 1. The van der Waals surface area contributed by atoms with Crippen LogP contribution in [0.15, 0.2) is 35.2 Å². The molecule has 0 saturated carbocycles. The molecule has 2 heteroatoms. The van der Waals surface area contributed by atoms with Crippen LogP contribution in [0.4, 0.5) is 0 Å². The van der Waals surface area contributed by atoms with Crippen molar-refractivity contribution in [2.24, 2.45) is 0 Å². The normalized spacial score (nSPS) is 14.2. The molecule has 0 fully saturated rings. The highest BCUT2D eigenvalue weighted by molar-refractivity contribution is 8.00. The van der Waals surface area contributed by atoms with Crippen LogP contribution in [-0.2, 0) is 0 Å². The molecule has 0 spiro atoms. The van der Waals surface area contributed by atoms with Crippen molar-refractivity contribution in [3.63, 3.8) is 0 Å². The number of benzene rings is 1. The van der Waals surface area contributed by atoms with Gasteiger partial charge in [0.2, 0.25) is 0 Å². The second-order valence-corrected chi connectivity index (χ2v) is 6.03. The van der Waals surface area contributed by atoms with Crippen LogP contribution < -0.4 is 0 Å². The van der Waals surface area contributed by atoms with Gasteiger partial charge in [-0.3, -0.25) is 0 Å². The minimum Gasteiger partial charge on any atom is -0.121 e. The van der Waals surface area contributed by atoms with Crippen molar-refractivity contribution in [1.29, 1.82) is 0 Å². The van der Waals surface area contributed by atoms with Crippen molar-refractivity contribution in [2.75, 3.05) is 0 Å². The molecule has 0 N–H and O–H groups in total. The van der Waals surface area contributed by atoms with Crippen LogP contribution in [0.5, 0.6) is 0 Å². The van der Waals surface area contributed by atoms with Crippen LogP contribution in [0.1, 0.15) is 20.8 Å². The third-order valence-electron chi connectivity index (χ3n) is 2.02. The Morgan fingerprint density at radius 2 is 1.77 bits per heavy atom. The van der Waals surface area contributed by atoms with Crippen molar-refractivity contribution in [1.82, 2.24) is 0 Å². The standard InChI is InChI=1S/C11H15ClS/c1-9(11(2,3)12)13-10-7-5-4-6-8-10/h4-9H,1-3H3. The van der Waals surface area contributed by atoms with Gasteiger partial charge in [-0.2, -0.15) is 0 Å². The van der Waals surface area contributed by atoms with Gasteiger partial charge in [0.1, 0.15) is 0 Å². The Morgan fingerprint density at radius 1 is 1.23 bits per heavy atom. The molecular formula is C11H15ClS. The summed E-state index contributed by atoms with van der Waals surface area (Å²) in [5, 5.41) is 0.413. The van der Waals surface area contributed by atoms with E-state index in [4.69, 9.17) is 11.6 Å². The number of alkyl halides is 1. The zero-order valence-electron chi connectivity index (χ0n) is 8.25. The quantitative estimate of drug-likeness (QED) is 0.537. The van der Waals surface area contributed by atoms with Crippen LogP contribution in [-0.4, -0.2) is 10.1 Å². The topological polar surface area (TPSA) is 0 Å². The van der Waals surface area contributed by atoms with E-state index in [9.17, 15) is 0 Å². The van der Waals surface area contributed by atoms with Gasteiger partial charge in [0.25, 0.3) is 0 Å². The van der Waals surface area contributed by atoms with Gasteiger partial charge in [0.05, 0.1) is 4.87 Å². The molecule has 1 aromatic carbocycles. The third-order valence-corrected chi connectivity index (χ3v) is 3.97. The maximum atomic E-state index is 6.21. The molecule has 1 aromatic rings. The molecule has 0 aromatic heterocycles. The average Bonchev–Trinajstić information content (AvgIpc) is 2.04. The van der Waals surface area contributed by atoms with E-state index >= 15 is 0 Å². The fourth-order valence-corrected chi connectivity index (χ4v) is 1.98. The molecule has 1 unspecified atom stereocenters. The molecule has 0 amide bonds. The smallest absolute Gasteiger partial charge is 0.0509 e. The fraction of sp³-hybridized carbons (Fsp3) is 0.455. The SMILES string of the molecule is CC(Sc1ccccc1)C(C)(C)Cl. The minimum atomic E-state index is -0.152. The maximum absolute atomic E-state index is 6.21. The van der Waals surface area contributed by atoms with E-state index in [-0.39, 0.29) is 4.87 Å². The monoisotopic (exact) mass is 214 g/mol. The number of thioether (sulfide) groups is 1. The van der Waals surface area contributed by atoms with Crippen LogP contribution in [0.3, 0.4) is 0 Å². The highest BCUT2D eigenvalue weighted by Crippen LogP contribution is 2.33. The Morgan fingerprint density at radius 3 is 2.23 bits per heavy atom. The first-order chi connectivity index (χ1) is 6.00. The molecule has 0 saturated heterocycles. The summed E-state index contributed by atoms with van der Waals surface area (Å²) < 4.78 is 0. The first-order valence-electron chi connectivity index (χ1n) is 4.41. The van der Waals surface area contributed by atoms with Crippen molar-refractivity contribution in [2.45, 2.75) is 35.8 Å². The van der Waals surface area contributed by atoms with Crippen molar-refractivity contribution >= 4 is 23.4 Å². The van der Waals surface area contributed by atoms with E-state index in [1.807, 2.05) is 17.8 Å². The highest BCUT2D eigenvalue weighted by Gasteiger charge is 2.23. The third kappa shape index (κ3) is 3.61. The summed E-state index contributed by atoms with van der Waals surface area (Å²) in [6.07, 6.45) is 0. The minimum absolute atomic E-state index is 0.152. The van der Waals surface area contributed by atoms with Crippen molar-refractivity contribution in [3.8, 4) is 0 Å². The summed E-state index contributed by atoms with van der Waals surface area (Å²) in [5.74, 6) is 0. The summed E-state index contributed by atoms with van der Waals surface area (Å²) in [6, 6.07) is 10.4. The first kappa shape index (κ1) is 10.9. The van der Waals surface area contributed by atoms with Gasteiger partial charge in [0.15, 0.2) is 0 Å². The Labute approximate surface area is 89.7 Å². The fourth-order valence-electron chi connectivity index (χ4n) is 0.843. The molecule has 0 aliphatic heterocycles. The van der Waals surface area contributed by atoms with E-state index in [1.54, 1.807) is 0 Å². The zero-order chi connectivity index (χ0) is 9.90. The Hall–Kier alpha value is -0.140. The largest absolute Gasteiger partial charge is 0.121 e. The van der Waals surface area contributed by atoms with Gasteiger partial charge in [-0.1, -0.05) is 25.1 Å². The molecule has 0 radical (unpaired) electrons. The summed E-state index contributed by atoms with van der Waals surface area (Å²) in [7, 11) is 0. The van der Waals surface area contributed by atoms with E-state index in [0.29, 0.717) is 5.25 Å². The summed E-state index contributed by atoms with van der Waals surface area (Å²) in [4.78, 5) is 1.13. The van der Waals surface area contributed by atoms with Crippen LogP contribution >= 0.6 is 23.4 Å². The van der Waals surface area contributed by atoms with Crippen LogP contribution in [0, 0.1) is 0 Å². The van der Waals surface area contributed by atoms with Crippen molar-refractivity contribution < 1.29 is 0 Å².